The first-order valence-corrected chi connectivity index (χ1v) is 8.02. The lowest BCUT2D eigenvalue weighted by Gasteiger charge is -2.26. The lowest BCUT2D eigenvalue weighted by atomic mass is 9.93. The Kier molecular flexibility index (Phi) is 4.56. The zero-order valence-electron chi connectivity index (χ0n) is 13.6. The first kappa shape index (κ1) is 16.1. The van der Waals surface area contributed by atoms with Crippen LogP contribution in [0.2, 0.25) is 0 Å². The molecule has 3 rings (SSSR count). The third-order valence-corrected chi connectivity index (χ3v) is 4.07. The molecule has 24 heavy (non-hydrogen) atoms. The second-order valence-electron chi connectivity index (χ2n) is 5.68. The first-order chi connectivity index (χ1) is 11.6. The molecule has 0 bridgehead atoms. The van der Waals surface area contributed by atoms with Crippen molar-refractivity contribution in [2.75, 3.05) is 6.61 Å². The molecule has 0 spiro atoms. The molecular formula is C20H20O4. The number of Topliss-reactive ketones (excluding diaryl/α,β-unsaturated/α-hetero) is 1. The summed E-state index contributed by atoms with van der Waals surface area (Å²) in [7, 11) is 0. The van der Waals surface area contributed by atoms with Crippen LogP contribution in [-0.4, -0.2) is 17.5 Å². The Bertz CT molecular complexity index is 762. The number of fused-ring (bicyclic) bond motifs is 1. The summed E-state index contributed by atoms with van der Waals surface area (Å²) in [6, 6.07) is 11.1. The highest BCUT2D eigenvalue weighted by molar-refractivity contribution is 6.02. The van der Waals surface area contributed by atoms with E-state index in [9.17, 15) is 9.90 Å². The Hall–Kier alpha value is -2.75. The minimum atomic E-state index is -0.356. The molecule has 0 aromatic heterocycles. The van der Waals surface area contributed by atoms with Crippen LogP contribution in [0.5, 0.6) is 17.2 Å². The smallest absolute Gasteiger partial charge is 0.174 e. The normalized spacial score (nSPS) is 16.2. The number of hydrogen-bond donors (Lipinski definition) is 1. The number of phenolic OH excluding ortho intramolecular Hbond substituents is 1. The van der Waals surface area contributed by atoms with E-state index in [0.717, 1.165) is 11.3 Å². The van der Waals surface area contributed by atoms with Gasteiger partial charge in [-0.05, 0) is 42.7 Å². The van der Waals surface area contributed by atoms with Crippen LogP contribution >= 0.6 is 0 Å². The molecule has 1 aliphatic heterocycles. The van der Waals surface area contributed by atoms with Crippen LogP contribution in [0.3, 0.4) is 0 Å². The predicted octanol–water partition coefficient (Wildman–Crippen LogP) is 4.23. The van der Waals surface area contributed by atoms with Crippen LogP contribution in [0.15, 0.2) is 49.1 Å². The molecule has 124 valence electrons. The van der Waals surface area contributed by atoms with Gasteiger partial charge >= 0.3 is 0 Å². The molecule has 1 aliphatic rings. The third kappa shape index (κ3) is 3.00. The molecule has 4 heteroatoms. The van der Waals surface area contributed by atoms with Gasteiger partial charge in [-0.25, -0.2) is 0 Å². The van der Waals surface area contributed by atoms with Gasteiger partial charge in [0.2, 0.25) is 0 Å². The van der Waals surface area contributed by atoms with Gasteiger partial charge in [-0.1, -0.05) is 24.3 Å². The Morgan fingerprint density at radius 1 is 1.29 bits per heavy atom. The van der Waals surface area contributed by atoms with E-state index in [1.165, 1.54) is 0 Å². The van der Waals surface area contributed by atoms with E-state index in [1.54, 1.807) is 18.2 Å². The monoisotopic (exact) mass is 324 g/mol. The van der Waals surface area contributed by atoms with E-state index in [2.05, 4.69) is 6.58 Å². The quantitative estimate of drug-likeness (QED) is 0.836. The Morgan fingerprint density at radius 2 is 2.04 bits per heavy atom. The van der Waals surface area contributed by atoms with Gasteiger partial charge in [0.1, 0.15) is 28.9 Å². The van der Waals surface area contributed by atoms with E-state index in [-0.39, 0.29) is 29.6 Å². The summed E-state index contributed by atoms with van der Waals surface area (Å²) in [6.45, 7) is 6.20. The summed E-state index contributed by atoms with van der Waals surface area (Å²) in [5.41, 5.74) is 1.86. The summed E-state index contributed by atoms with van der Waals surface area (Å²) >= 11 is 0. The molecule has 0 aliphatic carbocycles. The topological polar surface area (TPSA) is 55.8 Å². The summed E-state index contributed by atoms with van der Waals surface area (Å²) in [5.74, 6) is 1.10. The molecule has 1 N–H and O–H groups in total. The molecule has 1 heterocycles. The van der Waals surface area contributed by atoms with Crippen molar-refractivity contribution in [2.45, 2.75) is 25.9 Å². The zero-order chi connectivity index (χ0) is 17.1. The molecule has 1 unspecified atom stereocenters. The maximum absolute atomic E-state index is 12.5. The Morgan fingerprint density at radius 3 is 2.71 bits per heavy atom. The fourth-order valence-corrected chi connectivity index (χ4v) is 2.90. The van der Waals surface area contributed by atoms with Crippen LogP contribution in [0.25, 0.3) is 0 Å². The van der Waals surface area contributed by atoms with E-state index in [1.807, 2.05) is 31.2 Å². The molecule has 0 saturated heterocycles. The molecule has 0 radical (unpaired) electrons. The Balaban J connectivity index is 1.88. The van der Waals surface area contributed by atoms with Crippen LogP contribution in [-0.2, 0) is 6.42 Å². The van der Waals surface area contributed by atoms with Gasteiger partial charge in [-0.3, -0.25) is 4.79 Å². The van der Waals surface area contributed by atoms with Gasteiger partial charge in [0, 0.05) is 0 Å². The minimum Gasteiger partial charge on any atom is -0.507 e. The third-order valence-electron chi connectivity index (χ3n) is 4.07. The molecular weight excluding hydrogens is 304 g/mol. The van der Waals surface area contributed by atoms with Gasteiger partial charge in [0.05, 0.1) is 13.0 Å². The highest BCUT2D eigenvalue weighted by Crippen LogP contribution is 2.41. The highest BCUT2D eigenvalue weighted by atomic mass is 16.5. The second kappa shape index (κ2) is 6.79. The van der Waals surface area contributed by atoms with Crippen molar-refractivity contribution >= 4 is 5.78 Å². The summed E-state index contributed by atoms with van der Waals surface area (Å²) in [5, 5.41) is 10.3. The van der Waals surface area contributed by atoms with Crippen LogP contribution in [0.4, 0.5) is 0 Å². The average molecular weight is 324 g/mol. The average Bonchev–Trinajstić information content (AvgIpc) is 2.58. The largest absolute Gasteiger partial charge is 0.507 e. The van der Waals surface area contributed by atoms with Gasteiger partial charge in [0.25, 0.3) is 0 Å². The van der Waals surface area contributed by atoms with Gasteiger partial charge in [-0.2, -0.15) is 0 Å². The van der Waals surface area contributed by atoms with Gasteiger partial charge in [0.15, 0.2) is 5.78 Å². The number of phenols is 1. The number of carbonyl (C=O) groups is 1. The maximum atomic E-state index is 12.5. The van der Waals surface area contributed by atoms with Crippen molar-refractivity contribution < 1.29 is 19.4 Å². The molecule has 2 aromatic rings. The molecule has 1 atom stereocenters. The SMILES string of the molecule is C=CCc1ccc2c(c1O)C(=O)CC(c1ccc(OCC)cc1)O2. The van der Waals surface area contributed by atoms with E-state index in [0.29, 0.717) is 24.3 Å². The fourth-order valence-electron chi connectivity index (χ4n) is 2.90. The summed E-state index contributed by atoms with van der Waals surface area (Å²) in [4.78, 5) is 12.5. The van der Waals surface area contributed by atoms with Crippen LogP contribution in [0.1, 0.15) is 40.9 Å². The summed E-state index contributed by atoms with van der Waals surface area (Å²) in [6.07, 6.45) is 2.05. The predicted molar refractivity (Wildman–Crippen MR) is 91.9 cm³/mol. The number of carbonyl (C=O) groups excluding carboxylic acids is 1. The van der Waals surface area contributed by atoms with Crippen LogP contribution in [0, 0.1) is 0 Å². The van der Waals surface area contributed by atoms with E-state index < -0.39 is 0 Å². The number of rotatable bonds is 5. The maximum Gasteiger partial charge on any atom is 0.174 e. The van der Waals surface area contributed by atoms with Gasteiger partial charge in [-0.15, -0.1) is 6.58 Å². The number of hydrogen-bond acceptors (Lipinski definition) is 4. The lowest BCUT2D eigenvalue weighted by Crippen LogP contribution is -2.20. The lowest BCUT2D eigenvalue weighted by molar-refractivity contribution is 0.0845. The number of benzene rings is 2. The van der Waals surface area contributed by atoms with E-state index >= 15 is 0 Å². The van der Waals surface area contributed by atoms with Crippen molar-refractivity contribution in [2.24, 2.45) is 0 Å². The van der Waals surface area contributed by atoms with Crippen molar-refractivity contribution in [1.29, 1.82) is 0 Å². The number of ether oxygens (including phenoxy) is 2. The standard InChI is InChI=1S/C20H20O4/c1-3-5-14-8-11-17-19(20(14)22)16(21)12-18(24-17)13-6-9-15(10-7-13)23-4-2/h3,6-11,18,22H,1,4-5,12H2,2H3. The zero-order valence-corrected chi connectivity index (χ0v) is 13.6. The van der Waals surface area contributed by atoms with Crippen molar-refractivity contribution in [3.05, 3.63) is 65.7 Å². The molecule has 0 saturated carbocycles. The first-order valence-electron chi connectivity index (χ1n) is 8.02. The van der Waals surface area contributed by atoms with Crippen molar-refractivity contribution in [1.82, 2.24) is 0 Å². The van der Waals surface area contributed by atoms with Crippen molar-refractivity contribution in [3.63, 3.8) is 0 Å². The number of aromatic hydroxyl groups is 1. The molecule has 0 amide bonds. The number of allylic oxidation sites excluding steroid dienone is 1. The van der Waals surface area contributed by atoms with Crippen LogP contribution < -0.4 is 9.47 Å². The molecule has 2 aromatic carbocycles. The van der Waals surface area contributed by atoms with E-state index in [4.69, 9.17) is 9.47 Å². The van der Waals surface area contributed by atoms with Crippen molar-refractivity contribution in [3.8, 4) is 17.2 Å². The fraction of sp³-hybridized carbons (Fsp3) is 0.250. The molecule has 4 nitrogen and oxygen atoms in total. The highest BCUT2D eigenvalue weighted by Gasteiger charge is 2.31. The van der Waals surface area contributed by atoms with Gasteiger partial charge < -0.3 is 14.6 Å². The summed E-state index contributed by atoms with van der Waals surface area (Å²) < 4.78 is 11.4. The number of ketones is 1. The minimum absolute atomic E-state index is 0.00236. The molecule has 0 fully saturated rings. The second-order valence-corrected chi connectivity index (χ2v) is 5.68. The Labute approximate surface area is 141 Å².